The van der Waals surface area contributed by atoms with Crippen LogP contribution in [0.1, 0.15) is 29.7 Å². The van der Waals surface area contributed by atoms with Crippen LogP contribution in [0.4, 0.5) is 0 Å². The molecular formula is C27H27N3O2S. The Morgan fingerprint density at radius 2 is 1.70 bits per heavy atom. The predicted molar refractivity (Wildman–Crippen MR) is 137 cm³/mol. The molecule has 0 aliphatic carbocycles. The molecule has 1 aromatic heterocycles. The lowest BCUT2D eigenvalue weighted by Gasteiger charge is -2.28. The number of ether oxygens (including phenoxy) is 1. The number of rotatable bonds is 7. The molecule has 4 aromatic rings. The second-order valence-corrected chi connectivity index (χ2v) is 8.39. The van der Waals surface area contributed by atoms with Crippen LogP contribution in [0, 0.1) is 0 Å². The molecule has 0 aliphatic heterocycles. The Morgan fingerprint density at radius 3 is 2.39 bits per heavy atom. The molecule has 3 aromatic carbocycles. The van der Waals surface area contributed by atoms with Gasteiger partial charge in [-0.05, 0) is 54.5 Å². The summed E-state index contributed by atoms with van der Waals surface area (Å²) in [7, 11) is 1.63. The van der Waals surface area contributed by atoms with E-state index in [0.717, 1.165) is 27.8 Å². The molecule has 0 amide bonds. The number of nitrogens with one attached hydrogen (secondary N) is 2. The van der Waals surface area contributed by atoms with E-state index in [1.807, 2.05) is 65.6 Å². The molecule has 0 saturated heterocycles. The van der Waals surface area contributed by atoms with Gasteiger partial charge in [-0.3, -0.25) is 4.79 Å². The van der Waals surface area contributed by atoms with Crippen molar-refractivity contribution >= 4 is 28.2 Å². The number of benzene rings is 3. The van der Waals surface area contributed by atoms with Crippen LogP contribution in [0.5, 0.6) is 5.75 Å². The Kier molecular flexibility index (Phi) is 7.05. The highest BCUT2D eigenvalue weighted by Gasteiger charge is 2.16. The maximum atomic E-state index is 12.9. The molecule has 5 nitrogen and oxygen atoms in total. The summed E-state index contributed by atoms with van der Waals surface area (Å²) in [6, 6.07) is 27.9. The van der Waals surface area contributed by atoms with Crippen LogP contribution in [-0.2, 0) is 13.1 Å². The van der Waals surface area contributed by atoms with Gasteiger partial charge in [0.05, 0.1) is 19.7 Å². The third kappa shape index (κ3) is 5.59. The first kappa shape index (κ1) is 22.6. The maximum Gasteiger partial charge on any atom is 0.253 e. The van der Waals surface area contributed by atoms with E-state index in [-0.39, 0.29) is 11.6 Å². The molecule has 2 N–H and O–H groups in total. The van der Waals surface area contributed by atoms with Crippen molar-refractivity contribution in [3.05, 3.63) is 112 Å². The second-order valence-electron chi connectivity index (χ2n) is 8.00. The van der Waals surface area contributed by atoms with Crippen LogP contribution in [0.15, 0.2) is 89.7 Å². The summed E-state index contributed by atoms with van der Waals surface area (Å²) in [5.74, 6) is 0.746. The molecule has 33 heavy (non-hydrogen) atoms. The number of hydrogen-bond acceptors (Lipinski definition) is 3. The molecular weight excluding hydrogens is 430 g/mol. The lowest BCUT2D eigenvalue weighted by molar-refractivity contribution is 0.392. The number of methoxy groups -OCH3 is 1. The first-order chi connectivity index (χ1) is 16.0. The molecule has 0 aliphatic rings. The topological polar surface area (TPSA) is 57.4 Å². The number of fused-ring (bicyclic) bond motifs is 1. The highest BCUT2D eigenvalue weighted by atomic mass is 32.1. The molecule has 0 fully saturated rings. The molecule has 6 heteroatoms. The number of H-pyrrole nitrogens is 1. The van der Waals surface area contributed by atoms with Crippen molar-refractivity contribution in [2.75, 3.05) is 7.11 Å². The van der Waals surface area contributed by atoms with E-state index in [0.29, 0.717) is 23.8 Å². The Morgan fingerprint density at radius 1 is 1.00 bits per heavy atom. The summed E-state index contributed by atoms with van der Waals surface area (Å²) in [6.07, 6.45) is 0. The Bertz CT molecular complexity index is 1290. The largest absolute Gasteiger partial charge is 0.497 e. The normalized spacial score (nSPS) is 11.7. The van der Waals surface area contributed by atoms with E-state index in [9.17, 15) is 4.79 Å². The van der Waals surface area contributed by atoms with Gasteiger partial charge in [0, 0.05) is 23.0 Å². The fourth-order valence-electron chi connectivity index (χ4n) is 3.78. The van der Waals surface area contributed by atoms with Gasteiger partial charge in [-0.15, -0.1) is 0 Å². The summed E-state index contributed by atoms with van der Waals surface area (Å²) in [6.45, 7) is 3.05. The minimum absolute atomic E-state index is 0.0381. The summed E-state index contributed by atoms with van der Waals surface area (Å²) < 4.78 is 5.34. The number of aromatic nitrogens is 1. The zero-order chi connectivity index (χ0) is 23.2. The monoisotopic (exact) mass is 457 g/mol. The van der Waals surface area contributed by atoms with Crippen LogP contribution in [-0.4, -0.2) is 22.1 Å². The van der Waals surface area contributed by atoms with E-state index >= 15 is 0 Å². The van der Waals surface area contributed by atoms with Crippen LogP contribution in [0.25, 0.3) is 10.9 Å². The summed E-state index contributed by atoms with van der Waals surface area (Å²) in [5.41, 5.74) is 3.56. The van der Waals surface area contributed by atoms with Crippen LogP contribution in [0.3, 0.4) is 0 Å². The second kappa shape index (κ2) is 10.3. The zero-order valence-corrected chi connectivity index (χ0v) is 19.6. The molecule has 168 valence electrons. The number of pyridine rings is 1. The molecule has 0 radical (unpaired) electrons. The van der Waals surface area contributed by atoms with Gasteiger partial charge in [0.15, 0.2) is 5.11 Å². The van der Waals surface area contributed by atoms with Crippen LogP contribution >= 0.6 is 12.2 Å². The van der Waals surface area contributed by atoms with Gasteiger partial charge in [0.1, 0.15) is 5.75 Å². The highest BCUT2D eigenvalue weighted by Crippen LogP contribution is 2.20. The predicted octanol–water partition coefficient (Wildman–Crippen LogP) is 5.17. The summed E-state index contributed by atoms with van der Waals surface area (Å²) >= 11 is 5.81. The first-order valence-electron chi connectivity index (χ1n) is 10.9. The Hall–Kier alpha value is -3.64. The molecule has 1 heterocycles. The fraction of sp³-hybridized carbons (Fsp3) is 0.185. The van der Waals surface area contributed by atoms with Gasteiger partial charge in [-0.2, -0.15) is 0 Å². The first-order valence-corrected chi connectivity index (χ1v) is 11.3. The third-order valence-corrected chi connectivity index (χ3v) is 6.01. The quantitative estimate of drug-likeness (QED) is 0.375. The molecule has 0 spiro atoms. The van der Waals surface area contributed by atoms with Crippen LogP contribution < -0.4 is 15.6 Å². The van der Waals surface area contributed by atoms with Crippen molar-refractivity contribution in [3.8, 4) is 5.75 Å². The standard InChI is InChI=1S/C27H27N3O2S/c1-19(21-11-7-4-8-12-21)28-27(33)30(17-20-9-5-3-6-10-20)18-23-15-22-16-24(32-2)13-14-25(22)29-26(23)31/h3-16,19H,17-18H2,1-2H3,(H,28,33)(H,29,31). The van der Waals surface area contributed by atoms with Crippen molar-refractivity contribution < 1.29 is 4.74 Å². The smallest absolute Gasteiger partial charge is 0.253 e. The number of nitrogens with zero attached hydrogens (tertiary/aromatic N) is 1. The number of aromatic amines is 1. The molecule has 1 atom stereocenters. The van der Waals surface area contributed by atoms with E-state index in [1.54, 1.807) is 7.11 Å². The Balaban J connectivity index is 1.62. The van der Waals surface area contributed by atoms with Crippen molar-refractivity contribution in [1.29, 1.82) is 0 Å². The lowest BCUT2D eigenvalue weighted by atomic mass is 10.1. The fourth-order valence-corrected chi connectivity index (χ4v) is 4.09. The van der Waals surface area contributed by atoms with E-state index in [4.69, 9.17) is 17.0 Å². The minimum Gasteiger partial charge on any atom is -0.497 e. The minimum atomic E-state index is -0.121. The van der Waals surface area contributed by atoms with Crippen molar-refractivity contribution in [2.45, 2.75) is 26.1 Å². The van der Waals surface area contributed by atoms with Gasteiger partial charge in [-0.25, -0.2) is 0 Å². The summed E-state index contributed by atoms with van der Waals surface area (Å²) in [4.78, 5) is 17.9. The average Bonchev–Trinajstić information content (AvgIpc) is 2.84. The van der Waals surface area contributed by atoms with Crippen molar-refractivity contribution in [1.82, 2.24) is 15.2 Å². The molecule has 0 saturated carbocycles. The van der Waals surface area contributed by atoms with E-state index in [2.05, 4.69) is 41.5 Å². The number of hydrogen-bond donors (Lipinski definition) is 2. The number of thiocarbonyl (C=S) groups is 1. The van der Waals surface area contributed by atoms with Crippen molar-refractivity contribution in [2.24, 2.45) is 0 Å². The lowest BCUT2D eigenvalue weighted by Crippen LogP contribution is -2.41. The van der Waals surface area contributed by atoms with Crippen molar-refractivity contribution in [3.63, 3.8) is 0 Å². The zero-order valence-electron chi connectivity index (χ0n) is 18.7. The summed E-state index contributed by atoms with van der Waals surface area (Å²) in [5, 5.41) is 4.95. The molecule has 4 rings (SSSR count). The third-order valence-electron chi connectivity index (χ3n) is 5.63. The highest BCUT2D eigenvalue weighted by molar-refractivity contribution is 7.80. The van der Waals surface area contributed by atoms with E-state index < -0.39 is 0 Å². The maximum absolute atomic E-state index is 12.9. The van der Waals surface area contributed by atoms with Gasteiger partial charge in [-0.1, -0.05) is 60.7 Å². The Labute approximate surface area is 199 Å². The van der Waals surface area contributed by atoms with Gasteiger partial charge < -0.3 is 19.9 Å². The van der Waals surface area contributed by atoms with Gasteiger partial charge in [0.25, 0.3) is 5.56 Å². The molecule has 0 bridgehead atoms. The average molecular weight is 458 g/mol. The van der Waals surface area contributed by atoms with Crippen LogP contribution in [0.2, 0.25) is 0 Å². The molecule has 1 unspecified atom stereocenters. The SMILES string of the molecule is COc1ccc2[nH]c(=O)c(CN(Cc3ccccc3)C(=S)NC(C)c3ccccc3)cc2c1. The van der Waals surface area contributed by atoms with Gasteiger partial charge >= 0.3 is 0 Å². The van der Waals surface area contributed by atoms with E-state index in [1.165, 1.54) is 0 Å². The van der Waals surface area contributed by atoms with Gasteiger partial charge in [0.2, 0.25) is 0 Å².